The maximum atomic E-state index is 11.7. The largest absolute Gasteiger partial charge is 0.466 e. The van der Waals surface area contributed by atoms with Crippen molar-refractivity contribution in [2.24, 2.45) is 10.2 Å². The summed E-state index contributed by atoms with van der Waals surface area (Å²) in [5.74, 6) is -0.987. The van der Waals surface area contributed by atoms with Gasteiger partial charge in [0.15, 0.2) is 5.17 Å². The molecule has 0 radical (unpaired) electrons. The highest BCUT2D eigenvalue weighted by atomic mass is 32.2. The average Bonchev–Trinajstić information content (AvgIpc) is 2.96. The van der Waals surface area contributed by atoms with Crippen LogP contribution in [0.25, 0.3) is 10.8 Å². The van der Waals surface area contributed by atoms with E-state index in [2.05, 4.69) is 33.2 Å². The Morgan fingerprint density at radius 3 is 2.72 bits per heavy atom. The van der Waals surface area contributed by atoms with Crippen molar-refractivity contribution in [1.82, 2.24) is 5.32 Å². The molecule has 1 N–H and O–H groups in total. The molecular formula is C18H15N3O3S. The monoisotopic (exact) mass is 353 g/mol. The summed E-state index contributed by atoms with van der Waals surface area (Å²) in [6, 6.07) is 12.1. The van der Waals surface area contributed by atoms with Crippen molar-refractivity contribution < 1.29 is 14.3 Å². The zero-order valence-electron chi connectivity index (χ0n) is 13.6. The van der Waals surface area contributed by atoms with Gasteiger partial charge in [0.2, 0.25) is 0 Å². The minimum Gasteiger partial charge on any atom is -0.466 e. The summed E-state index contributed by atoms with van der Waals surface area (Å²) in [4.78, 5) is 23.2. The molecule has 0 spiro atoms. The van der Waals surface area contributed by atoms with Crippen LogP contribution >= 0.6 is 11.8 Å². The molecule has 0 atom stereocenters. The Bertz CT molecular complexity index is 948. The number of benzene rings is 2. The molecule has 1 saturated heterocycles. The van der Waals surface area contributed by atoms with Crippen LogP contribution in [0, 0.1) is 6.92 Å². The number of hydrogen-bond acceptors (Lipinski definition) is 6. The van der Waals surface area contributed by atoms with Gasteiger partial charge >= 0.3 is 5.97 Å². The van der Waals surface area contributed by atoms with Gasteiger partial charge in [0, 0.05) is 11.6 Å². The molecule has 1 heterocycles. The summed E-state index contributed by atoms with van der Waals surface area (Å²) in [6.45, 7) is 2.06. The Labute approximate surface area is 148 Å². The van der Waals surface area contributed by atoms with Crippen LogP contribution in [-0.4, -0.2) is 30.4 Å². The van der Waals surface area contributed by atoms with Gasteiger partial charge in [-0.25, -0.2) is 4.79 Å². The van der Waals surface area contributed by atoms with E-state index >= 15 is 0 Å². The first-order valence-electron chi connectivity index (χ1n) is 7.46. The van der Waals surface area contributed by atoms with Gasteiger partial charge in [-0.3, -0.25) is 10.1 Å². The second-order valence-electron chi connectivity index (χ2n) is 5.25. The van der Waals surface area contributed by atoms with E-state index in [4.69, 9.17) is 0 Å². The standard InChI is InChI=1S/C18H15N3O3S/c1-11-7-8-12(14-6-4-3-5-13(11)14)10-19-21-18-20-17(23)15(25-18)9-16(22)24-2/h3-10H,1-2H3,(H,20,21,23)/b15-9+,19-10?. The van der Waals surface area contributed by atoms with Crippen LogP contribution in [0.4, 0.5) is 0 Å². The number of carbonyl (C=O) groups is 2. The van der Waals surface area contributed by atoms with Gasteiger partial charge < -0.3 is 4.74 Å². The first-order chi connectivity index (χ1) is 12.1. The lowest BCUT2D eigenvalue weighted by molar-refractivity contribution is -0.135. The summed E-state index contributed by atoms with van der Waals surface area (Å²) in [6.07, 6.45) is 2.77. The van der Waals surface area contributed by atoms with E-state index in [-0.39, 0.29) is 4.91 Å². The average molecular weight is 353 g/mol. The molecule has 7 heteroatoms. The number of nitrogens with one attached hydrogen (secondary N) is 1. The van der Waals surface area contributed by atoms with Crippen LogP contribution < -0.4 is 5.32 Å². The van der Waals surface area contributed by atoms with E-state index in [1.165, 1.54) is 12.7 Å². The predicted octanol–water partition coefficient (Wildman–Crippen LogP) is 2.76. The highest BCUT2D eigenvalue weighted by Crippen LogP contribution is 2.24. The van der Waals surface area contributed by atoms with Gasteiger partial charge in [-0.2, -0.15) is 5.10 Å². The molecule has 3 rings (SSSR count). The number of rotatable bonds is 3. The lowest BCUT2D eigenvalue weighted by atomic mass is 10.0. The lowest BCUT2D eigenvalue weighted by Gasteiger charge is -2.04. The number of thioether (sulfide) groups is 1. The predicted molar refractivity (Wildman–Crippen MR) is 99.5 cm³/mol. The fourth-order valence-electron chi connectivity index (χ4n) is 2.37. The Kier molecular flexibility index (Phi) is 4.95. The zero-order valence-corrected chi connectivity index (χ0v) is 14.5. The molecular weight excluding hydrogens is 338 g/mol. The molecule has 1 fully saturated rings. The second kappa shape index (κ2) is 7.31. The molecule has 0 bridgehead atoms. The van der Waals surface area contributed by atoms with Crippen molar-refractivity contribution in [2.45, 2.75) is 6.92 Å². The molecule has 6 nitrogen and oxygen atoms in total. The number of amides is 1. The molecule has 1 aliphatic heterocycles. The summed E-state index contributed by atoms with van der Waals surface area (Å²) in [5.41, 5.74) is 2.13. The van der Waals surface area contributed by atoms with Crippen molar-refractivity contribution in [2.75, 3.05) is 7.11 Å². The number of aryl methyl sites for hydroxylation is 1. The molecule has 126 valence electrons. The molecule has 0 aromatic heterocycles. The number of carbonyl (C=O) groups excluding carboxylic acids is 2. The van der Waals surface area contributed by atoms with Gasteiger partial charge in [-0.15, -0.1) is 5.10 Å². The maximum absolute atomic E-state index is 11.7. The fraction of sp³-hybridized carbons (Fsp3) is 0.111. The molecule has 2 aromatic rings. The minimum atomic E-state index is -0.589. The summed E-state index contributed by atoms with van der Waals surface area (Å²) < 4.78 is 4.51. The van der Waals surface area contributed by atoms with Crippen molar-refractivity contribution in [3.8, 4) is 0 Å². The smallest absolute Gasteiger partial charge is 0.331 e. The third-order valence-corrected chi connectivity index (χ3v) is 4.52. The van der Waals surface area contributed by atoms with Crippen molar-refractivity contribution in [3.63, 3.8) is 0 Å². The minimum absolute atomic E-state index is 0.224. The molecule has 25 heavy (non-hydrogen) atoms. The van der Waals surface area contributed by atoms with E-state index in [9.17, 15) is 9.59 Å². The highest BCUT2D eigenvalue weighted by molar-refractivity contribution is 8.18. The maximum Gasteiger partial charge on any atom is 0.331 e. The molecule has 0 saturated carbocycles. The SMILES string of the molecule is COC(=O)/C=C1/S/C(=N\N=Cc2ccc(C)c3ccccc23)NC1=O. The molecule has 0 aliphatic carbocycles. The van der Waals surface area contributed by atoms with Crippen molar-refractivity contribution in [3.05, 3.63) is 58.5 Å². The van der Waals surface area contributed by atoms with E-state index in [0.717, 1.165) is 34.2 Å². The topological polar surface area (TPSA) is 80.1 Å². The lowest BCUT2D eigenvalue weighted by Crippen LogP contribution is -2.19. The zero-order chi connectivity index (χ0) is 17.8. The normalized spacial score (nSPS) is 17.6. The number of ether oxygens (including phenoxy) is 1. The van der Waals surface area contributed by atoms with Gasteiger partial charge in [0.05, 0.1) is 18.2 Å². The van der Waals surface area contributed by atoms with E-state index < -0.39 is 11.9 Å². The number of methoxy groups -OCH3 is 1. The van der Waals surface area contributed by atoms with Crippen LogP contribution in [-0.2, 0) is 14.3 Å². The summed E-state index contributed by atoms with van der Waals surface area (Å²) in [7, 11) is 1.25. The molecule has 1 aliphatic rings. The van der Waals surface area contributed by atoms with Gasteiger partial charge in [-0.05, 0) is 35.0 Å². The van der Waals surface area contributed by atoms with Crippen LogP contribution in [0.3, 0.4) is 0 Å². The van der Waals surface area contributed by atoms with Gasteiger partial charge in [0.1, 0.15) is 0 Å². The first kappa shape index (κ1) is 16.9. The van der Waals surface area contributed by atoms with E-state index in [0.29, 0.717) is 5.17 Å². The first-order valence-corrected chi connectivity index (χ1v) is 8.28. The molecule has 0 unspecified atom stereocenters. The van der Waals surface area contributed by atoms with Crippen LogP contribution in [0.1, 0.15) is 11.1 Å². The Morgan fingerprint density at radius 2 is 1.96 bits per heavy atom. The van der Waals surface area contributed by atoms with Crippen molar-refractivity contribution in [1.29, 1.82) is 0 Å². The number of esters is 1. The number of hydrogen-bond donors (Lipinski definition) is 1. The summed E-state index contributed by atoms with van der Waals surface area (Å²) >= 11 is 1.04. The Hall–Kier alpha value is -2.93. The van der Waals surface area contributed by atoms with Crippen LogP contribution in [0.5, 0.6) is 0 Å². The quantitative estimate of drug-likeness (QED) is 0.398. The molecule has 1 amide bonds. The van der Waals surface area contributed by atoms with Crippen LogP contribution in [0.2, 0.25) is 0 Å². The van der Waals surface area contributed by atoms with Gasteiger partial charge in [0.25, 0.3) is 5.91 Å². The number of amidine groups is 1. The second-order valence-corrected chi connectivity index (χ2v) is 6.29. The van der Waals surface area contributed by atoms with Crippen LogP contribution in [0.15, 0.2) is 57.6 Å². The number of fused-ring (bicyclic) bond motifs is 1. The third kappa shape index (κ3) is 3.77. The highest BCUT2D eigenvalue weighted by Gasteiger charge is 2.24. The van der Waals surface area contributed by atoms with E-state index in [1.54, 1.807) is 6.21 Å². The number of nitrogens with zero attached hydrogens (tertiary/aromatic N) is 2. The van der Waals surface area contributed by atoms with Gasteiger partial charge in [-0.1, -0.05) is 36.4 Å². The van der Waals surface area contributed by atoms with Crippen molar-refractivity contribution >= 4 is 45.8 Å². The third-order valence-electron chi connectivity index (χ3n) is 3.62. The Morgan fingerprint density at radius 1 is 1.20 bits per heavy atom. The Balaban J connectivity index is 1.81. The fourth-order valence-corrected chi connectivity index (χ4v) is 3.11. The molecule has 2 aromatic carbocycles. The summed E-state index contributed by atoms with van der Waals surface area (Å²) in [5, 5.41) is 13.2. The van der Waals surface area contributed by atoms with E-state index in [1.807, 2.05) is 30.3 Å².